The molecule has 31 heavy (non-hydrogen) atoms. The lowest BCUT2D eigenvalue weighted by molar-refractivity contribution is 0.0216. The largest absolute Gasteiger partial charge is 0.493 e. The second-order valence-corrected chi connectivity index (χ2v) is 9.72. The van der Waals surface area contributed by atoms with Crippen LogP contribution in [0.5, 0.6) is 5.75 Å². The maximum atomic E-state index is 12.4. The van der Waals surface area contributed by atoms with Gasteiger partial charge in [-0.1, -0.05) is 11.6 Å². The molecular formula is C21H25ClN4O4S. The molecule has 0 aliphatic carbocycles. The second-order valence-electron chi connectivity index (χ2n) is 8.42. The van der Waals surface area contributed by atoms with Gasteiger partial charge in [0.05, 0.1) is 17.7 Å². The first-order valence-corrected chi connectivity index (χ1v) is 11.2. The molecule has 3 aromatic rings. The highest BCUT2D eigenvalue weighted by Gasteiger charge is 2.33. The zero-order valence-corrected chi connectivity index (χ0v) is 19.7. The first kappa shape index (κ1) is 21.7. The quantitative estimate of drug-likeness (QED) is 0.535. The number of benzene rings is 1. The second kappa shape index (κ2) is 8.20. The van der Waals surface area contributed by atoms with Gasteiger partial charge < -0.3 is 23.7 Å². The van der Waals surface area contributed by atoms with Crippen molar-refractivity contribution in [1.82, 2.24) is 14.9 Å². The summed E-state index contributed by atoms with van der Waals surface area (Å²) in [5.41, 5.74) is 1.37. The summed E-state index contributed by atoms with van der Waals surface area (Å²) < 4.78 is 17.2. The number of anilines is 1. The first-order chi connectivity index (χ1) is 14.7. The van der Waals surface area contributed by atoms with E-state index >= 15 is 0 Å². The fraction of sp³-hybridized carbons (Fsp3) is 0.476. The third kappa shape index (κ3) is 4.29. The lowest BCUT2D eigenvalue weighted by atomic mass is 10.2. The molecule has 0 saturated carbocycles. The molecule has 1 aliphatic rings. The van der Waals surface area contributed by atoms with E-state index in [2.05, 4.69) is 4.98 Å². The molecule has 0 spiro atoms. The molecule has 1 unspecified atom stereocenters. The predicted molar refractivity (Wildman–Crippen MR) is 121 cm³/mol. The smallest absolute Gasteiger partial charge is 0.410 e. The molecule has 1 aromatic carbocycles. The summed E-state index contributed by atoms with van der Waals surface area (Å²) in [4.78, 5) is 25.3. The zero-order chi connectivity index (χ0) is 22.3. The summed E-state index contributed by atoms with van der Waals surface area (Å²) in [7, 11) is 1.56. The summed E-state index contributed by atoms with van der Waals surface area (Å²) >= 11 is 7.95. The van der Waals surface area contributed by atoms with Gasteiger partial charge in [-0.3, -0.25) is 0 Å². The maximum absolute atomic E-state index is 12.4. The number of carbonyl (C=O) groups excluding carboxylic acids is 1. The molecule has 1 aliphatic heterocycles. The summed E-state index contributed by atoms with van der Waals surface area (Å²) in [6, 6.07) is 2.24. The SMILES string of the molecule is COc1c(Cl)cc(-c2nccs2)c2oc(N3CCN(C(=O)OC(C)(C)C)CC3C)nc12. The number of fused-ring (bicyclic) bond motifs is 1. The summed E-state index contributed by atoms with van der Waals surface area (Å²) in [5.74, 6) is 0.465. The maximum Gasteiger partial charge on any atom is 0.410 e. The van der Waals surface area contributed by atoms with E-state index in [0.717, 1.165) is 10.6 Å². The third-order valence-electron chi connectivity index (χ3n) is 4.96. The third-order valence-corrected chi connectivity index (χ3v) is 6.04. The highest BCUT2D eigenvalue weighted by Crippen LogP contribution is 2.42. The van der Waals surface area contributed by atoms with Crippen molar-refractivity contribution in [3.63, 3.8) is 0 Å². The van der Waals surface area contributed by atoms with Gasteiger partial charge in [0, 0.05) is 37.3 Å². The fourth-order valence-corrected chi connectivity index (χ4v) is 4.51. The van der Waals surface area contributed by atoms with E-state index in [1.165, 1.54) is 11.3 Å². The van der Waals surface area contributed by atoms with Crippen molar-refractivity contribution in [2.24, 2.45) is 0 Å². The Labute approximate surface area is 189 Å². The minimum Gasteiger partial charge on any atom is -0.493 e. The van der Waals surface area contributed by atoms with Crippen LogP contribution >= 0.6 is 22.9 Å². The molecule has 1 amide bonds. The Balaban J connectivity index is 1.65. The topological polar surface area (TPSA) is 80.9 Å². The van der Waals surface area contributed by atoms with E-state index in [1.807, 2.05) is 38.0 Å². The lowest BCUT2D eigenvalue weighted by Gasteiger charge is -2.39. The molecule has 1 saturated heterocycles. The van der Waals surface area contributed by atoms with Crippen LogP contribution in [0.25, 0.3) is 21.7 Å². The first-order valence-electron chi connectivity index (χ1n) is 9.99. The van der Waals surface area contributed by atoms with Crippen LogP contribution in [-0.2, 0) is 4.74 Å². The number of hydrogen-bond acceptors (Lipinski definition) is 8. The van der Waals surface area contributed by atoms with Crippen molar-refractivity contribution in [3.8, 4) is 16.3 Å². The number of nitrogens with zero attached hydrogens (tertiary/aromatic N) is 4. The van der Waals surface area contributed by atoms with Gasteiger partial charge in [0.25, 0.3) is 6.01 Å². The Morgan fingerprint density at radius 3 is 2.74 bits per heavy atom. The average Bonchev–Trinajstić information content (AvgIpc) is 3.36. The van der Waals surface area contributed by atoms with Gasteiger partial charge in [0.2, 0.25) is 0 Å². The van der Waals surface area contributed by atoms with Gasteiger partial charge in [-0.15, -0.1) is 11.3 Å². The zero-order valence-electron chi connectivity index (χ0n) is 18.1. The van der Waals surface area contributed by atoms with E-state index in [4.69, 9.17) is 30.5 Å². The van der Waals surface area contributed by atoms with E-state index in [0.29, 0.717) is 47.5 Å². The standard InChI is InChI=1S/C21H25ClN4O4S/c1-12-11-25(20(27)30-21(2,3)4)7-8-26(12)19-24-15-16(29-19)13(18-23-6-9-31-18)10-14(22)17(15)28-5/h6,9-10,12H,7-8,11H2,1-5H3. The van der Waals surface area contributed by atoms with Gasteiger partial charge in [-0.2, -0.15) is 4.98 Å². The number of piperazine rings is 1. The molecule has 8 nitrogen and oxygen atoms in total. The lowest BCUT2D eigenvalue weighted by Crippen LogP contribution is -2.54. The molecule has 3 heterocycles. The van der Waals surface area contributed by atoms with E-state index in [-0.39, 0.29) is 12.1 Å². The van der Waals surface area contributed by atoms with Crippen molar-refractivity contribution in [1.29, 1.82) is 0 Å². The molecule has 1 atom stereocenters. The highest BCUT2D eigenvalue weighted by molar-refractivity contribution is 7.13. The number of oxazole rings is 1. The van der Waals surface area contributed by atoms with Crippen molar-refractivity contribution in [2.75, 3.05) is 31.6 Å². The van der Waals surface area contributed by atoms with Gasteiger partial charge in [0.15, 0.2) is 16.8 Å². The van der Waals surface area contributed by atoms with Crippen LogP contribution in [0.1, 0.15) is 27.7 Å². The normalized spacial score (nSPS) is 17.3. The van der Waals surface area contributed by atoms with Crippen LogP contribution in [0.15, 0.2) is 22.1 Å². The summed E-state index contributed by atoms with van der Waals surface area (Å²) in [6.45, 7) is 9.19. The minimum atomic E-state index is -0.528. The number of amides is 1. The molecule has 10 heteroatoms. The monoisotopic (exact) mass is 464 g/mol. The number of aromatic nitrogens is 2. The molecule has 2 aromatic heterocycles. The molecular weight excluding hydrogens is 440 g/mol. The van der Waals surface area contributed by atoms with Crippen LogP contribution < -0.4 is 9.64 Å². The molecule has 0 N–H and O–H groups in total. The van der Waals surface area contributed by atoms with Crippen LogP contribution in [-0.4, -0.2) is 59.3 Å². The summed E-state index contributed by atoms with van der Waals surface area (Å²) in [6.07, 6.45) is 1.43. The predicted octanol–water partition coefficient (Wildman–Crippen LogP) is 5.06. The number of thiazole rings is 1. The number of methoxy groups -OCH3 is 1. The molecule has 0 radical (unpaired) electrons. The highest BCUT2D eigenvalue weighted by atomic mass is 35.5. The Morgan fingerprint density at radius 1 is 1.35 bits per heavy atom. The number of halogens is 1. The molecule has 0 bridgehead atoms. The van der Waals surface area contributed by atoms with E-state index in [9.17, 15) is 4.79 Å². The fourth-order valence-electron chi connectivity index (χ4n) is 3.58. The number of rotatable bonds is 3. The van der Waals surface area contributed by atoms with Crippen molar-refractivity contribution in [3.05, 3.63) is 22.7 Å². The van der Waals surface area contributed by atoms with Crippen molar-refractivity contribution >= 4 is 46.1 Å². The summed E-state index contributed by atoms with van der Waals surface area (Å²) in [5, 5.41) is 3.14. The minimum absolute atomic E-state index is 0.0147. The number of hydrogen-bond donors (Lipinski definition) is 0. The van der Waals surface area contributed by atoms with Crippen LogP contribution in [0, 0.1) is 0 Å². The van der Waals surface area contributed by atoms with Crippen LogP contribution in [0.2, 0.25) is 5.02 Å². The molecule has 1 fully saturated rings. The number of ether oxygens (including phenoxy) is 2. The van der Waals surface area contributed by atoms with Gasteiger partial charge in [0.1, 0.15) is 10.6 Å². The Morgan fingerprint density at radius 2 is 2.13 bits per heavy atom. The van der Waals surface area contributed by atoms with Crippen LogP contribution in [0.4, 0.5) is 10.8 Å². The Bertz CT molecular complexity index is 1090. The molecule has 4 rings (SSSR count). The molecule has 166 valence electrons. The van der Waals surface area contributed by atoms with Gasteiger partial charge >= 0.3 is 6.09 Å². The van der Waals surface area contributed by atoms with Crippen molar-refractivity contribution in [2.45, 2.75) is 39.3 Å². The van der Waals surface area contributed by atoms with Gasteiger partial charge in [-0.25, -0.2) is 9.78 Å². The Kier molecular flexibility index (Phi) is 5.74. The average molecular weight is 465 g/mol. The van der Waals surface area contributed by atoms with Crippen LogP contribution in [0.3, 0.4) is 0 Å². The van der Waals surface area contributed by atoms with Gasteiger partial charge in [-0.05, 0) is 33.8 Å². The number of carbonyl (C=O) groups is 1. The van der Waals surface area contributed by atoms with Crippen molar-refractivity contribution < 1.29 is 18.7 Å². The Hall–Kier alpha value is -2.52. The van der Waals surface area contributed by atoms with E-state index in [1.54, 1.807) is 24.3 Å². The van der Waals surface area contributed by atoms with E-state index < -0.39 is 5.60 Å².